The number of hydrogen-bond acceptors (Lipinski definition) is 4. The summed E-state index contributed by atoms with van der Waals surface area (Å²) in [5, 5.41) is 13.5. The first kappa shape index (κ1) is 11.5. The normalized spacial score (nSPS) is 8.93. The van der Waals surface area contributed by atoms with Gasteiger partial charge < -0.3 is 5.32 Å². The summed E-state index contributed by atoms with van der Waals surface area (Å²) < 4.78 is 0.571. The molecule has 0 aliphatic rings. The lowest BCUT2D eigenvalue weighted by molar-refractivity contribution is -0.384. The Balaban J connectivity index is 2.94. The molecule has 0 aromatic carbocycles. The van der Waals surface area contributed by atoms with Crippen molar-refractivity contribution in [1.29, 1.82) is 0 Å². The summed E-state index contributed by atoms with van der Waals surface area (Å²) in [6.45, 7) is 2.04. The van der Waals surface area contributed by atoms with Gasteiger partial charge in [0.15, 0.2) is 0 Å². The number of hydrogen-bond donors (Lipinski definition) is 1. The van der Waals surface area contributed by atoms with Gasteiger partial charge in [0.05, 0.1) is 11.5 Å². The van der Waals surface area contributed by atoms with Crippen LogP contribution in [0.15, 0.2) is 16.7 Å². The highest BCUT2D eigenvalue weighted by atomic mass is 79.9. The first-order valence-electron chi connectivity index (χ1n) is 4.08. The van der Waals surface area contributed by atoms with Crippen molar-refractivity contribution in [3.63, 3.8) is 0 Å². The molecule has 0 unspecified atom stereocenters. The molecule has 0 bridgehead atoms. The van der Waals surface area contributed by atoms with E-state index >= 15 is 0 Å². The molecule has 1 heterocycles. The average molecular weight is 270 g/mol. The molecule has 0 saturated heterocycles. The second-order valence-electron chi connectivity index (χ2n) is 2.56. The van der Waals surface area contributed by atoms with Crippen LogP contribution in [0.25, 0.3) is 0 Å². The second-order valence-corrected chi connectivity index (χ2v) is 3.47. The number of nitrogens with one attached hydrogen (secondary N) is 1. The Morgan fingerprint density at radius 3 is 3.07 bits per heavy atom. The zero-order valence-electron chi connectivity index (χ0n) is 7.95. The second kappa shape index (κ2) is 5.32. The number of rotatable bonds is 3. The van der Waals surface area contributed by atoms with Crippen molar-refractivity contribution in [2.24, 2.45) is 0 Å². The zero-order valence-corrected chi connectivity index (χ0v) is 9.54. The van der Waals surface area contributed by atoms with E-state index < -0.39 is 4.92 Å². The van der Waals surface area contributed by atoms with Gasteiger partial charge in [0, 0.05) is 16.7 Å². The monoisotopic (exact) mass is 269 g/mol. The molecule has 6 heteroatoms. The van der Waals surface area contributed by atoms with Gasteiger partial charge in [0.2, 0.25) is 5.82 Å². The summed E-state index contributed by atoms with van der Waals surface area (Å²) in [4.78, 5) is 14.1. The van der Waals surface area contributed by atoms with E-state index in [-0.39, 0.29) is 11.5 Å². The van der Waals surface area contributed by atoms with Gasteiger partial charge in [-0.05, 0) is 22.9 Å². The van der Waals surface area contributed by atoms with Crippen molar-refractivity contribution < 1.29 is 4.92 Å². The van der Waals surface area contributed by atoms with Crippen LogP contribution in [0.1, 0.15) is 6.92 Å². The van der Waals surface area contributed by atoms with Crippen LogP contribution in [0.3, 0.4) is 0 Å². The Morgan fingerprint density at radius 2 is 2.47 bits per heavy atom. The number of nitro groups is 1. The van der Waals surface area contributed by atoms with E-state index in [1.807, 2.05) is 0 Å². The van der Waals surface area contributed by atoms with Gasteiger partial charge in [-0.3, -0.25) is 10.1 Å². The van der Waals surface area contributed by atoms with E-state index in [0.29, 0.717) is 11.0 Å². The Hall–Kier alpha value is -1.61. The van der Waals surface area contributed by atoms with Gasteiger partial charge >= 0.3 is 5.69 Å². The molecule has 0 spiro atoms. The summed E-state index contributed by atoms with van der Waals surface area (Å²) in [5.41, 5.74) is -0.0673. The Kier molecular flexibility index (Phi) is 4.06. The quantitative estimate of drug-likeness (QED) is 0.519. The third kappa shape index (κ3) is 3.22. The summed E-state index contributed by atoms with van der Waals surface area (Å²) in [6.07, 6.45) is 1.49. The van der Waals surface area contributed by atoms with E-state index in [0.717, 1.165) is 0 Å². The fourth-order valence-corrected chi connectivity index (χ4v) is 1.24. The van der Waals surface area contributed by atoms with Gasteiger partial charge in [-0.2, -0.15) is 0 Å². The van der Waals surface area contributed by atoms with Crippen molar-refractivity contribution >= 4 is 27.4 Å². The smallest absolute Gasteiger partial charge is 0.312 e. The number of aromatic nitrogens is 1. The lowest BCUT2D eigenvalue weighted by atomic mass is 10.4. The van der Waals surface area contributed by atoms with Crippen molar-refractivity contribution in [3.8, 4) is 11.8 Å². The largest absolute Gasteiger partial charge is 0.353 e. The van der Waals surface area contributed by atoms with Gasteiger partial charge in [0.1, 0.15) is 0 Å². The number of anilines is 1. The molecule has 1 aromatic rings. The minimum atomic E-state index is -0.487. The van der Waals surface area contributed by atoms with Crippen LogP contribution in [-0.4, -0.2) is 16.5 Å². The minimum Gasteiger partial charge on any atom is -0.353 e. The predicted octanol–water partition coefficient (Wildman–Crippen LogP) is 2.19. The lowest BCUT2D eigenvalue weighted by Gasteiger charge is -2.02. The van der Waals surface area contributed by atoms with Crippen molar-refractivity contribution in [3.05, 3.63) is 26.9 Å². The van der Waals surface area contributed by atoms with E-state index in [2.05, 4.69) is 38.1 Å². The Bertz CT molecular complexity index is 437. The Morgan fingerprint density at radius 1 is 1.73 bits per heavy atom. The number of pyridine rings is 1. The van der Waals surface area contributed by atoms with E-state index in [1.165, 1.54) is 12.3 Å². The summed E-state index contributed by atoms with van der Waals surface area (Å²) in [6, 6.07) is 1.40. The Labute approximate surface area is 95.2 Å². The standard InChI is InChI=1S/C9H8BrN3O2/c1-2-3-4-11-9-8(13(14)15)5-7(10)6-12-9/h5-6H,4H2,1H3,(H,11,12). The molecular formula is C9H8BrN3O2. The maximum atomic E-state index is 10.7. The first-order valence-corrected chi connectivity index (χ1v) is 4.88. The molecule has 0 amide bonds. The van der Waals surface area contributed by atoms with Crippen molar-refractivity contribution in [2.45, 2.75) is 6.92 Å². The van der Waals surface area contributed by atoms with E-state index in [9.17, 15) is 10.1 Å². The van der Waals surface area contributed by atoms with Crippen LogP contribution in [-0.2, 0) is 0 Å². The highest BCUT2D eigenvalue weighted by molar-refractivity contribution is 9.10. The average Bonchev–Trinajstić information content (AvgIpc) is 2.20. The molecule has 1 aromatic heterocycles. The molecule has 1 N–H and O–H groups in total. The van der Waals surface area contributed by atoms with E-state index in [1.54, 1.807) is 6.92 Å². The maximum absolute atomic E-state index is 10.7. The topological polar surface area (TPSA) is 68.1 Å². The van der Waals surface area contributed by atoms with Crippen LogP contribution in [0, 0.1) is 22.0 Å². The molecule has 15 heavy (non-hydrogen) atoms. The third-order valence-corrected chi connectivity index (χ3v) is 1.99. The van der Waals surface area contributed by atoms with E-state index in [4.69, 9.17) is 0 Å². The van der Waals surface area contributed by atoms with Crippen LogP contribution in [0.5, 0.6) is 0 Å². The molecule has 0 aliphatic carbocycles. The predicted molar refractivity (Wildman–Crippen MR) is 60.5 cm³/mol. The molecule has 0 atom stereocenters. The highest BCUT2D eigenvalue weighted by Crippen LogP contribution is 2.24. The zero-order chi connectivity index (χ0) is 11.3. The van der Waals surface area contributed by atoms with Crippen LogP contribution >= 0.6 is 15.9 Å². The summed E-state index contributed by atoms with van der Waals surface area (Å²) >= 11 is 3.12. The van der Waals surface area contributed by atoms with Gasteiger partial charge in [-0.1, -0.05) is 5.92 Å². The van der Waals surface area contributed by atoms with Gasteiger partial charge in [0.25, 0.3) is 0 Å². The fraction of sp³-hybridized carbons (Fsp3) is 0.222. The van der Waals surface area contributed by atoms with Crippen molar-refractivity contribution in [2.75, 3.05) is 11.9 Å². The molecular weight excluding hydrogens is 262 g/mol. The molecule has 0 saturated carbocycles. The number of nitrogens with zero attached hydrogens (tertiary/aromatic N) is 2. The van der Waals surface area contributed by atoms with Crippen molar-refractivity contribution in [1.82, 2.24) is 4.98 Å². The number of halogens is 1. The fourth-order valence-electron chi connectivity index (χ4n) is 0.920. The molecule has 0 aliphatic heterocycles. The molecule has 78 valence electrons. The molecule has 0 fully saturated rings. The van der Waals surface area contributed by atoms with Gasteiger partial charge in [-0.15, -0.1) is 5.92 Å². The SMILES string of the molecule is CC#CCNc1ncc(Br)cc1[N+](=O)[O-]. The van der Waals surface area contributed by atoms with Crippen LogP contribution in [0.2, 0.25) is 0 Å². The highest BCUT2D eigenvalue weighted by Gasteiger charge is 2.14. The van der Waals surface area contributed by atoms with Crippen LogP contribution < -0.4 is 5.32 Å². The molecule has 1 rings (SSSR count). The molecule has 0 radical (unpaired) electrons. The van der Waals surface area contributed by atoms with Crippen LogP contribution in [0.4, 0.5) is 11.5 Å². The first-order chi connectivity index (χ1) is 7.15. The summed E-state index contributed by atoms with van der Waals surface area (Å²) in [7, 11) is 0. The summed E-state index contributed by atoms with van der Waals surface area (Å²) in [5.74, 6) is 5.65. The minimum absolute atomic E-state index is 0.0673. The maximum Gasteiger partial charge on any atom is 0.312 e. The van der Waals surface area contributed by atoms with Gasteiger partial charge in [-0.25, -0.2) is 4.98 Å². The third-order valence-electron chi connectivity index (χ3n) is 1.55. The lowest BCUT2D eigenvalue weighted by Crippen LogP contribution is -2.04. The molecule has 5 nitrogen and oxygen atoms in total.